The van der Waals surface area contributed by atoms with Gasteiger partial charge in [0, 0.05) is 17.5 Å². The van der Waals surface area contributed by atoms with Crippen LogP contribution in [0.1, 0.15) is 77.0 Å². The van der Waals surface area contributed by atoms with Gasteiger partial charge in [0.05, 0.1) is 5.54 Å². The summed E-state index contributed by atoms with van der Waals surface area (Å²) in [5.74, 6) is 3.45. The SMILES string of the molecule is CCCCCC(CC)c1nc(-c2cc3ccccc3cn2)nn1C12CC(C1)C2. The lowest BCUT2D eigenvalue weighted by molar-refractivity contribution is -0.100. The van der Waals surface area contributed by atoms with E-state index < -0.39 is 0 Å². The van der Waals surface area contributed by atoms with Crippen LogP contribution in [0.15, 0.2) is 36.5 Å². The zero-order valence-electron chi connectivity index (χ0n) is 17.1. The summed E-state index contributed by atoms with van der Waals surface area (Å²) in [5.41, 5.74) is 1.16. The van der Waals surface area contributed by atoms with Crippen LogP contribution in [0.3, 0.4) is 0 Å². The smallest absolute Gasteiger partial charge is 0.200 e. The number of hydrogen-bond donors (Lipinski definition) is 0. The number of pyridine rings is 1. The van der Waals surface area contributed by atoms with Crippen molar-refractivity contribution in [1.29, 1.82) is 0 Å². The molecule has 3 aliphatic rings. The summed E-state index contributed by atoms with van der Waals surface area (Å²) >= 11 is 0. The maximum Gasteiger partial charge on any atom is 0.200 e. The van der Waals surface area contributed by atoms with E-state index in [0.29, 0.717) is 5.92 Å². The van der Waals surface area contributed by atoms with Crippen molar-refractivity contribution in [2.24, 2.45) is 5.92 Å². The standard InChI is InChI=1S/C24H30N4/c1-3-5-6-9-18(4-2)23-26-22(27-28(23)24-13-17(14-24)15-24)21-12-19-10-7-8-11-20(19)16-25-21/h7-8,10-12,16-18H,3-6,9,13-15H2,1-2H3. The highest BCUT2D eigenvalue weighted by Gasteiger charge is 2.59. The van der Waals surface area contributed by atoms with Crippen molar-refractivity contribution in [1.82, 2.24) is 19.7 Å². The van der Waals surface area contributed by atoms with Crippen molar-refractivity contribution in [2.75, 3.05) is 0 Å². The minimum absolute atomic E-state index is 0.264. The van der Waals surface area contributed by atoms with Gasteiger partial charge in [-0.1, -0.05) is 57.4 Å². The highest BCUT2D eigenvalue weighted by molar-refractivity contribution is 5.84. The minimum Gasteiger partial charge on any atom is -0.252 e. The van der Waals surface area contributed by atoms with Crippen LogP contribution in [0.4, 0.5) is 0 Å². The zero-order valence-corrected chi connectivity index (χ0v) is 17.1. The highest BCUT2D eigenvalue weighted by atomic mass is 15.4. The van der Waals surface area contributed by atoms with E-state index in [9.17, 15) is 0 Å². The van der Waals surface area contributed by atoms with Crippen molar-refractivity contribution in [3.05, 3.63) is 42.4 Å². The highest BCUT2D eigenvalue weighted by Crippen LogP contribution is 2.62. The van der Waals surface area contributed by atoms with Crippen molar-refractivity contribution in [2.45, 2.75) is 76.7 Å². The molecule has 1 aromatic carbocycles. The third-order valence-electron chi connectivity index (χ3n) is 6.96. The normalized spacial score (nSPS) is 24.0. The topological polar surface area (TPSA) is 43.6 Å². The first-order chi connectivity index (χ1) is 13.7. The predicted molar refractivity (Wildman–Crippen MR) is 113 cm³/mol. The molecule has 146 valence electrons. The Labute approximate surface area is 167 Å². The first-order valence-corrected chi connectivity index (χ1v) is 11.0. The van der Waals surface area contributed by atoms with Crippen molar-refractivity contribution < 1.29 is 0 Å². The number of aromatic nitrogens is 4. The van der Waals surface area contributed by atoms with Gasteiger partial charge in [-0.15, -0.1) is 5.10 Å². The number of benzene rings is 1. The molecule has 0 saturated heterocycles. The first kappa shape index (κ1) is 17.8. The van der Waals surface area contributed by atoms with E-state index in [1.54, 1.807) is 0 Å². The van der Waals surface area contributed by atoms with Gasteiger partial charge in [0.2, 0.25) is 0 Å². The molecular weight excluding hydrogens is 344 g/mol. The molecule has 3 fully saturated rings. The summed E-state index contributed by atoms with van der Waals surface area (Å²) in [6.07, 6.45) is 12.0. The van der Waals surface area contributed by atoms with Crippen LogP contribution in [-0.4, -0.2) is 19.7 Å². The Hall–Kier alpha value is -2.23. The first-order valence-electron chi connectivity index (χ1n) is 11.0. The largest absolute Gasteiger partial charge is 0.252 e. The molecule has 0 N–H and O–H groups in total. The Morgan fingerprint density at radius 2 is 1.89 bits per heavy atom. The molecule has 4 heteroatoms. The Morgan fingerprint density at radius 3 is 2.57 bits per heavy atom. The van der Waals surface area contributed by atoms with Crippen molar-refractivity contribution in [3.8, 4) is 11.5 Å². The number of fused-ring (bicyclic) bond motifs is 1. The Kier molecular flexibility index (Phi) is 4.45. The molecule has 1 unspecified atom stereocenters. The molecule has 3 saturated carbocycles. The zero-order chi connectivity index (χ0) is 19.1. The lowest BCUT2D eigenvalue weighted by Crippen LogP contribution is -2.60. The molecule has 0 amide bonds. The molecule has 3 aromatic rings. The fourth-order valence-electron chi connectivity index (χ4n) is 5.10. The monoisotopic (exact) mass is 374 g/mol. The average Bonchev–Trinajstić information content (AvgIpc) is 3.07. The molecule has 2 bridgehead atoms. The maximum atomic E-state index is 5.10. The van der Waals surface area contributed by atoms with Gasteiger partial charge in [0.1, 0.15) is 11.5 Å². The average molecular weight is 375 g/mol. The van der Waals surface area contributed by atoms with Crippen LogP contribution < -0.4 is 0 Å². The lowest BCUT2D eigenvalue weighted by atomic mass is 9.50. The minimum atomic E-state index is 0.264. The summed E-state index contributed by atoms with van der Waals surface area (Å²) in [6.45, 7) is 4.57. The van der Waals surface area contributed by atoms with Gasteiger partial charge in [-0.2, -0.15) is 0 Å². The molecule has 0 aliphatic heterocycles. The van der Waals surface area contributed by atoms with E-state index in [0.717, 1.165) is 29.2 Å². The lowest BCUT2D eigenvalue weighted by Gasteiger charge is -2.61. The number of nitrogens with zero attached hydrogens (tertiary/aromatic N) is 4. The molecule has 2 aromatic heterocycles. The van der Waals surface area contributed by atoms with Gasteiger partial charge in [0.15, 0.2) is 5.82 Å². The molecule has 28 heavy (non-hydrogen) atoms. The number of rotatable bonds is 8. The molecule has 3 aliphatic carbocycles. The second kappa shape index (κ2) is 6.98. The van der Waals surface area contributed by atoms with E-state index in [1.165, 1.54) is 56.2 Å². The van der Waals surface area contributed by atoms with Crippen molar-refractivity contribution >= 4 is 10.8 Å². The van der Waals surface area contributed by atoms with E-state index in [4.69, 9.17) is 15.1 Å². The number of hydrogen-bond acceptors (Lipinski definition) is 3. The second-order valence-corrected chi connectivity index (χ2v) is 8.93. The molecule has 2 heterocycles. The van der Waals surface area contributed by atoms with Gasteiger partial charge in [-0.3, -0.25) is 4.98 Å². The molecule has 0 radical (unpaired) electrons. The predicted octanol–water partition coefficient (Wildman–Crippen LogP) is 6.08. The molecule has 6 rings (SSSR count). The Morgan fingerprint density at radius 1 is 1.11 bits per heavy atom. The molecule has 0 spiro atoms. The van der Waals surface area contributed by atoms with Crippen LogP contribution in [0, 0.1) is 5.92 Å². The van der Waals surface area contributed by atoms with E-state index in [1.807, 2.05) is 6.20 Å². The van der Waals surface area contributed by atoms with Gasteiger partial charge in [-0.05, 0) is 49.5 Å². The third-order valence-corrected chi connectivity index (χ3v) is 6.96. The van der Waals surface area contributed by atoms with Crippen LogP contribution in [0.2, 0.25) is 0 Å². The summed E-state index contributed by atoms with van der Waals surface area (Å²) in [7, 11) is 0. The van der Waals surface area contributed by atoms with Crippen LogP contribution in [0.5, 0.6) is 0 Å². The van der Waals surface area contributed by atoms with Crippen LogP contribution in [-0.2, 0) is 5.54 Å². The van der Waals surface area contributed by atoms with E-state index in [-0.39, 0.29) is 5.54 Å². The fraction of sp³-hybridized carbons (Fsp3) is 0.542. The Balaban J connectivity index is 1.53. The number of unbranched alkanes of at least 4 members (excludes halogenated alkanes) is 2. The maximum absolute atomic E-state index is 5.10. The quantitative estimate of drug-likeness (QED) is 0.449. The van der Waals surface area contributed by atoms with Crippen LogP contribution in [0.25, 0.3) is 22.3 Å². The Bertz CT molecular complexity index is 972. The van der Waals surface area contributed by atoms with Gasteiger partial charge < -0.3 is 0 Å². The molecular formula is C24H30N4. The van der Waals surface area contributed by atoms with Crippen molar-refractivity contribution in [3.63, 3.8) is 0 Å². The fourth-order valence-corrected chi connectivity index (χ4v) is 5.10. The van der Waals surface area contributed by atoms with Gasteiger partial charge in [-0.25, -0.2) is 9.67 Å². The van der Waals surface area contributed by atoms with E-state index >= 15 is 0 Å². The second-order valence-electron chi connectivity index (χ2n) is 8.93. The van der Waals surface area contributed by atoms with Crippen LogP contribution >= 0.6 is 0 Å². The third kappa shape index (κ3) is 2.85. The van der Waals surface area contributed by atoms with Gasteiger partial charge >= 0.3 is 0 Å². The summed E-state index contributed by atoms with van der Waals surface area (Å²) in [5, 5.41) is 7.42. The summed E-state index contributed by atoms with van der Waals surface area (Å²) < 4.78 is 2.33. The van der Waals surface area contributed by atoms with Gasteiger partial charge in [0.25, 0.3) is 0 Å². The summed E-state index contributed by atoms with van der Waals surface area (Å²) in [4.78, 5) is 9.79. The molecule has 4 nitrogen and oxygen atoms in total. The van der Waals surface area contributed by atoms with E-state index in [2.05, 4.69) is 48.9 Å². The summed E-state index contributed by atoms with van der Waals surface area (Å²) in [6, 6.07) is 10.5. The molecule has 1 atom stereocenters.